The Morgan fingerprint density at radius 3 is 2.30 bits per heavy atom. The quantitative estimate of drug-likeness (QED) is 0.520. The third-order valence-electron chi connectivity index (χ3n) is 4.72. The molecule has 9 nitrogen and oxygen atoms in total. The van der Waals surface area contributed by atoms with E-state index in [0.29, 0.717) is 24.5 Å². The number of hydrogen-bond donors (Lipinski definition) is 1. The van der Waals surface area contributed by atoms with Crippen molar-refractivity contribution in [3.05, 3.63) is 47.3 Å². The maximum atomic E-state index is 13.0. The molecule has 2 aromatic rings. The van der Waals surface area contributed by atoms with E-state index in [-0.39, 0.29) is 34.6 Å². The Bertz CT molecular complexity index is 1110. The van der Waals surface area contributed by atoms with Gasteiger partial charge in [0.2, 0.25) is 10.0 Å². The van der Waals surface area contributed by atoms with E-state index >= 15 is 0 Å². The summed E-state index contributed by atoms with van der Waals surface area (Å²) in [5.41, 5.74) is 0.881. The van der Waals surface area contributed by atoms with Gasteiger partial charge in [-0.05, 0) is 58.0 Å². The molecule has 0 aliphatic heterocycles. The summed E-state index contributed by atoms with van der Waals surface area (Å²) in [6.07, 6.45) is -0.199. The lowest BCUT2D eigenvalue weighted by Crippen LogP contribution is -2.30. The summed E-state index contributed by atoms with van der Waals surface area (Å²) in [6.45, 7) is 11.3. The van der Waals surface area contributed by atoms with E-state index < -0.39 is 21.9 Å². The normalized spacial score (nSPS) is 11.5. The number of carbonyl (C=O) groups is 2. The lowest BCUT2D eigenvalue weighted by molar-refractivity contribution is 0.0524. The van der Waals surface area contributed by atoms with E-state index in [1.165, 1.54) is 34.6 Å². The third-order valence-corrected chi connectivity index (χ3v) is 6.76. The minimum absolute atomic E-state index is 0.0411. The number of aryl methyl sites for hydroxylation is 1. The van der Waals surface area contributed by atoms with Gasteiger partial charge < -0.3 is 14.8 Å². The van der Waals surface area contributed by atoms with Gasteiger partial charge in [-0.3, -0.25) is 4.79 Å². The maximum Gasteiger partial charge on any atom is 0.339 e. The number of hydrogen-bond acceptors (Lipinski definition) is 7. The van der Waals surface area contributed by atoms with Crippen molar-refractivity contribution in [3.8, 4) is 5.75 Å². The number of sulfonamides is 1. The van der Waals surface area contributed by atoms with Gasteiger partial charge in [0, 0.05) is 13.1 Å². The van der Waals surface area contributed by atoms with Gasteiger partial charge in [0.25, 0.3) is 5.91 Å². The number of amides is 1. The zero-order chi connectivity index (χ0) is 24.8. The fraction of sp³-hybridized carbons (Fsp3) is 0.435. The molecule has 33 heavy (non-hydrogen) atoms. The van der Waals surface area contributed by atoms with Gasteiger partial charge in [0.1, 0.15) is 11.4 Å². The number of ether oxygens (including phenoxy) is 2. The molecule has 1 aromatic carbocycles. The molecule has 180 valence electrons. The Morgan fingerprint density at radius 2 is 1.76 bits per heavy atom. The molecule has 1 N–H and O–H groups in total. The first kappa shape index (κ1) is 26.3. The van der Waals surface area contributed by atoms with E-state index in [2.05, 4.69) is 10.3 Å². The van der Waals surface area contributed by atoms with E-state index in [0.717, 1.165) is 0 Å². The molecular weight excluding hydrogens is 446 g/mol. The monoisotopic (exact) mass is 477 g/mol. The predicted molar refractivity (Wildman–Crippen MR) is 125 cm³/mol. The van der Waals surface area contributed by atoms with Gasteiger partial charge in [-0.15, -0.1) is 0 Å². The van der Waals surface area contributed by atoms with Crippen molar-refractivity contribution in [2.75, 3.05) is 25.0 Å². The number of rotatable bonds is 10. The summed E-state index contributed by atoms with van der Waals surface area (Å²) >= 11 is 0. The van der Waals surface area contributed by atoms with Crippen LogP contribution in [0.15, 0.2) is 35.2 Å². The van der Waals surface area contributed by atoms with Crippen LogP contribution < -0.4 is 10.1 Å². The van der Waals surface area contributed by atoms with Crippen LogP contribution in [-0.2, 0) is 14.8 Å². The Kier molecular flexibility index (Phi) is 8.95. The summed E-state index contributed by atoms with van der Waals surface area (Å²) in [7, 11) is -3.74. The minimum atomic E-state index is -3.74. The molecule has 0 saturated carbocycles. The zero-order valence-corrected chi connectivity index (χ0v) is 20.7. The second-order valence-electron chi connectivity index (χ2n) is 7.42. The Hall–Kier alpha value is -2.98. The summed E-state index contributed by atoms with van der Waals surface area (Å²) in [4.78, 5) is 29.1. The average molecular weight is 478 g/mol. The molecule has 1 amide bonds. The first-order valence-electron chi connectivity index (χ1n) is 10.8. The van der Waals surface area contributed by atoms with Crippen molar-refractivity contribution in [2.24, 2.45) is 0 Å². The molecule has 0 unspecified atom stereocenters. The number of pyridine rings is 1. The second-order valence-corrected chi connectivity index (χ2v) is 9.36. The third kappa shape index (κ3) is 6.29. The number of carbonyl (C=O) groups excluding carboxylic acids is 2. The molecule has 0 saturated heterocycles. The molecule has 0 aliphatic carbocycles. The number of esters is 1. The Morgan fingerprint density at radius 1 is 1.09 bits per heavy atom. The summed E-state index contributed by atoms with van der Waals surface area (Å²) in [6, 6.07) is 7.24. The molecule has 1 aromatic heterocycles. The number of benzene rings is 1. The highest BCUT2D eigenvalue weighted by Gasteiger charge is 2.24. The van der Waals surface area contributed by atoms with Crippen LogP contribution in [-0.4, -0.2) is 55.4 Å². The molecule has 2 rings (SSSR count). The van der Waals surface area contributed by atoms with Crippen LogP contribution in [0.1, 0.15) is 61.2 Å². The molecule has 0 aliphatic rings. The van der Waals surface area contributed by atoms with Crippen LogP contribution in [0, 0.1) is 6.92 Å². The standard InChI is InChI=1S/C23H31N3O6S/c1-7-26(8-2)33(29,30)17-10-13-21(32-15(4)5)20(14-17)25-22(27)19-12-11-18(16(6)24-19)23(28)31-9-3/h10-15H,7-9H2,1-6H3,(H,25,27). The molecule has 1 heterocycles. The predicted octanol–water partition coefficient (Wildman–Crippen LogP) is 3.64. The summed E-state index contributed by atoms with van der Waals surface area (Å²) in [5.74, 6) is -0.757. The first-order valence-corrected chi connectivity index (χ1v) is 12.3. The highest BCUT2D eigenvalue weighted by atomic mass is 32.2. The van der Waals surface area contributed by atoms with Crippen LogP contribution in [0.25, 0.3) is 0 Å². The fourth-order valence-corrected chi connectivity index (χ4v) is 4.62. The van der Waals surface area contributed by atoms with E-state index in [4.69, 9.17) is 9.47 Å². The fourth-order valence-electron chi connectivity index (χ4n) is 3.13. The topological polar surface area (TPSA) is 115 Å². The van der Waals surface area contributed by atoms with Gasteiger partial charge in [0.05, 0.1) is 34.6 Å². The molecular formula is C23H31N3O6S. The number of aromatic nitrogens is 1. The maximum absolute atomic E-state index is 13.0. The molecule has 0 radical (unpaired) electrons. The Balaban J connectivity index is 2.42. The van der Waals surface area contributed by atoms with Crippen molar-refractivity contribution in [2.45, 2.75) is 52.5 Å². The second kappa shape index (κ2) is 11.2. The van der Waals surface area contributed by atoms with Crippen LogP contribution in [0.3, 0.4) is 0 Å². The average Bonchev–Trinajstić information content (AvgIpc) is 2.75. The van der Waals surface area contributed by atoms with Crippen molar-refractivity contribution in [1.82, 2.24) is 9.29 Å². The van der Waals surface area contributed by atoms with E-state index in [1.54, 1.807) is 27.7 Å². The van der Waals surface area contributed by atoms with E-state index in [1.807, 2.05) is 13.8 Å². The number of nitrogens with zero attached hydrogens (tertiary/aromatic N) is 2. The highest BCUT2D eigenvalue weighted by Crippen LogP contribution is 2.30. The molecule has 0 atom stereocenters. The van der Waals surface area contributed by atoms with Gasteiger partial charge >= 0.3 is 5.97 Å². The molecule has 0 spiro atoms. The smallest absolute Gasteiger partial charge is 0.339 e. The van der Waals surface area contributed by atoms with Crippen LogP contribution >= 0.6 is 0 Å². The molecule has 0 fully saturated rings. The van der Waals surface area contributed by atoms with Crippen LogP contribution in [0.2, 0.25) is 0 Å². The molecule has 10 heteroatoms. The van der Waals surface area contributed by atoms with Crippen molar-refractivity contribution in [1.29, 1.82) is 0 Å². The Labute approximate surface area is 195 Å². The van der Waals surface area contributed by atoms with Gasteiger partial charge in [-0.1, -0.05) is 13.8 Å². The lowest BCUT2D eigenvalue weighted by Gasteiger charge is -2.20. The van der Waals surface area contributed by atoms with Crippen LogP contribution in [0.4, 0.5) is 5.69 Å². The summed E-state index contributed by atoms with van der Waals surface area (Å²) in [5, 5.41) is 2.70. The first-order chi connectivity index (χ1) is 15.5. The minimum Gasteiger partial charge on any atom is -0.489 e. The van der Waals surface area contributed by atoms with Crippen molar-refractivity contribution in [3.63, 3.8) is 0 Å². The lowest BCUT2D eigenvalue weighted by atomic mass is 10.2. The molecule has 0 bridgehead atoms. The van der Waals surface area contributed by atoms with Gasteiger partial charge in [-0.25, -0.2) is 18.2 Å². The van der Waals surface area contributed by atoms with Gasteiger partial charge in [-0.2, -0.15) is 4.31 Å². The highest BCUT2D eigenvalue weighted by molar-refractivity contribution is 7.89. The number of anilines is 1. The van der Waals surface area contributed by atoms with E-state index in [9.17, 15) is 18.0 Å². The van der Waals surface area contributed by atoms with Gasteiger partial charge in [0.15, 0.2) is 0 Å². The van der Waals surface area contributed by atoms with Crippen molar-refractivity contribution >= 4 is 27.6 Å². The van der Waals surface area contributed by atoms with Crippen LogP contribution in [0.5, 0.6) is 5.75 Å². The SMILES string of the molecule is CCOC(=O)c1ccc(C(=O)Nc2cc(S(=O)(=O)N(CC)CC)ccc2OC(C)C)nc1C. The van der Waals surface area contributed by atoms with Crippen molar-refractivity contribution < 1.29 is 27.5 Å². The number of nitrogens with one attached hydrogen (secondary N) is 1. The largest absolute Gasteiger partial charge is 0.489 e. The zero-order valence-electron chi connectivity index (χ0n) is 19.8. The summed E-state index contributed by atoms with van der Waals surface area (Å²) < 4.78 is 38.0.